The van der Waals surface area contributed by atoms with E-state index in [0.29, 0.717) is 12.5 Å². The number of nitrogens with two attached hydrogens (primary N) is 2. The highest BCUT2D eigenvalue weighted by molar-refractivity contribution is 5.25. The first-order valence-electron chi connectivity index (χ1n) is 9.41. The summed E-state index contributed by atoms with van der Waals surface area (Å²) in [5.41, 5.74) is 17.2. The molecule has 0 bridgehead atoms. The van der Waals surface area contributed by atoms with Crippen molar-refractivity contribution in [2.75, 3.05) is 6.54 Å². The first-order valence-corrected chi connectivity index (χ1v) is 9.41. The lowest BCUT2D eigenvalue weighted by Crippen LogP contribution is -2.12. The first kappa shape index (κ1) is 19.5. The molecule has 136 valence electrons. The van der Waals surface area contributed by atoms with Crippen molar-refractivity contribution in [3.05, 3.63) is 58.7 Å². The number of hydrogen-bond acceptors (Lipinski definition) is 4. The van der Waals surface area contributed by atoms with Crippen LogP contribution in [0.1, 0.15) is 66.1 Å². The molecule has 1 aliphatic carbocycles. The average Bonchev–Trinajstić information content (AvgIpc) is 2.63. The van der Waals surface area contributed by atoms with E-state index in [2.05, 4.69) is 28.2 Å². The van der Waals surface area contributed by atoms with Gasteiger partial charge in [0.05, 0.1) is 5.69 Å². The van der Waals surface area contributed by atoms with Crippen LogP contribution in [0.2, 0.25) is 0 Å². The molecule has 4 heteroatoms. The zero-order valence-corrected chi connectivity index (χ0v) is 15.7. The molecule has 0 fully saturated rings. The lowest BCUT2D eigenvalue weighted by molar-refractivity contribution is 0.485. The second-order valence-electron chi connectivity index (χ2n) is 6.90. The molecular formula is C21H32N4. The Morgan fingerprint density at radius 1 is 1.16 bits per heavy atom. The highest BCUT2D eigenvalue weighted by Crippen LogP contribution is 2.33. The van der Waals surface area contributed by atoms with Gasteiger partial charge in [0.15, 0.2) is 0 Å². The molecule has 0 amide bonds. The molecule has 0 aliphatic heterocycles. The lowest BCUT2D eigenvalue weighted by atomic mass is 9.83. The molecule has 2 aromatic heterocycles. The lowest BCUT2D eigenvalue weighted by Gasteiger charge is -2.24. The Bertz CT molecular complexity index is 654. The zero-order valence-electron chi connectivity index (χ0n) is 15.7. The summed E-state index contributed by atoms with van der Waals surface area (Å²) in [6, 6.07) is 6.38. The van der Waals surface area contributed by atoms with E-state index in [4.69, 9.17) is 11.5 Å². The van der Waals surface area contributed by atoms with E-state index in [1.54, 1.807) is 0 Å². The fraction of sp³-hybridized carbons (Fsp3) is 0.524. The molecule has 0 spiro atoms. The Morgan fingerprint density at radius 3 is 2.72 bits per heavy atom. The standard InChI is InChI=1S/C13H20N2.C8H12N2/c14-9-2-1-5-11-6-3-7-12-8-4-10-15-13(11)12;1-6-3-7(2)8(4-9)10-5-6/h4,8,10-11H,1-3,5-7,9,14H2;3,5H,4,9H2,1-2H3. The molecule has 2 aromatic rings. The van der Waals surface area contributed by atoms with Crippen LogP contribution in [0.3, 0.4) is 0 Å². The summed E-state index contributed by atoms with van der Waals surface area (Å²) in [6.07, 6.45) is 11.3. The normalized spacial score (nSPS) is 15.9. The summed E-state index contributed by atoms with van der Waals surface area (Å²) in [5.74, 6) is 0.696. The average molecular weight is 341 g/mol. The minimum atomic E-state index is 0.534. The van der Waals surface area contributed by atoms with Crippen LogP contribution >= 0.6 is 0 Å². The monoisotopic (exact) mass is 340 g/mol. The minimum Gasteiger partial charge on any atom is -0.330 e. The smallest absolute Gasteiger partial charge is 0.0568 e. The largest absolute Gasteiger partial charge is 0.330 e. The predicted octanol–water partition coefficient (Wildman–Crippen LogP) is 3.79. The van der Waals surface area contributed by atoms with Crippen LogP contribution in [-0.2, 0) is 13.0 Å². The Morgan fingerprint density at radius 2 is 2.00 bits per heavy atom. The quantitative estimate of drug-likeness (QED) is 0.812. The third-order valence-corrected chi connectivity index (χ3v) is 4.83. The predicted molar refractivity (Wildman–Crippen MR) is 104 cm³/mol. The molecule has 4 N–H and O–H groups in total. The van der Waals surface area contributed by atoms with Gasteiger partial charge in [-0.05, 0) is 75.3 Å². The maximum atomic E-state index is 5.52. The minimum absolute atomic E-state index is 0.534. The summed E-state index contributed by atoms with van der Waals surface area (Å²) in [4.78, 5) is 8.72. The van der Waals surface area contributed by atoms with E-state index >= 15 is 0 Å². The molecule has 0 saturated carbocycles. The SMILES string of the molecule is Cc1cnc(CN)c(C)c1.NCCCCC1CCCc2cccnc21. The Hall–Kier alpha value is -1.78. The van der Waals surface area contributed by atoms with Gasteiger partial charge in [0, 0.05) is 30.6 Å². The number of unbranched alkanes of at least 4 members (excludes halogenated alkanes) is 1. The summed E-state index contributed by atoms with van der Waals surface area (Å²) >= 11 is 0. The second kappa shape index (κ2) is 10.3. The van der Waals surface area contributed by atoms with Crippen molar-refractivity contribution >= 4 is 0 Å². The molecule has 3 rings (SSSR count). The van der Waals surface area contributed by atoms with Crippen molar-refractivity contribution in [3.8, 4) is 0 Å². The maximum Gasteiger partial charge on any atom is 0.0568 e. The highest BCUT2D eigenvalue weighted by atomic mass is 14.7. The number of hydrogen-bond donors (Lipinski definition) is 2. The fourth-order valence-corrected chi connectivity index (χ4v) is 3.48. The van der Waals surface area contributed by atoms with Gasteiger partial charge in [-0.3, -0.25) is 9.97 Å². The zero-order chi connectivity index (χ0) is 18.1. The molecule has 25 heavy (non-hydrogen) atoms. The molecule has 1 unspecified atom stereocenters. The molecule has 4 nitrogen and oxygen atoms in total. The number of nitrogens with zero attached hydrogens (tertiary/aromatic N) is 2. The van der Waals surface area contributed by atoms with Gasteiger partial charge in [0.25, 0.3) is 0 Å². The fourth-order valence-electron chi connectivity index (χ4n) is 3.48. The van der Waals surface area contributed by atoms with Gasteiger partial charge in [-0.2, -0.15) is 0 Å². The van der Waals surface area contributed by atoms with E-state index in [-0.39, 0.29) is 0 Å². The van der Waals surface area contributed by atoms with Crippen LogP contribution in [0.5, 0.6) is 0 Å². The number of fused-ring (bicyclic) bond motifs is 1. The van der Waals surface area contributed by atoms with Crippen molar-refractivity contribution in [2.24, 2.45) is 11.5 Å². The molecule has 2 heterocycles. The van der Waals surface area contributed by atoms with E-state index in [1.165, 1.54) is 54.5 Å². The summed E-state index contributed by atoms with van der Waals surface area (Å²) in [6.45, 7) is 5.41. The van der Waals surface area contributed by atoms with E-state index in [1.807, 2.05) is 26.2 Å². The Balaban J connectivity index is 0.000000196. The topological polar surface area (TPSA) is 77.8 Å². The van der Waals surface area contributed by atoms with Crippen molar-refractivity contribution in [3.63, 3.8) is 0 Å². The number of pyridine rings is 2. The second-order valence-corrected chi connectivity index (χ2v) is 6.90. The van der Waals surface area contributed by atoms with Gasteiger partial charge >= 0.3 is 0 Å². The molecule has 1 atom stereocenters. The number of aryl methyl sites for hydroxylation is 3. The van der Waals surface area contributed by atoms with Gasteiger partial charge < -0.3 is 11.5 Å². The van der Waals surface area contributed by atoms with Crippen LogP contribution in [0.4, 0.5) is 0 Å². The summed E-state index contributed by atoms with van der Waals surface area (Å²) < 4.78 is 0. The summed E-state index contributed by atoms with van der Waals surface area (Å²) in [5, 5.41) is 0. The van der Waals surface area contributed by atoms with Crippen LogP contribution in [0, 0.1) is 13.8 Å². The van der Waals surface area contributed by atoms with Crippen molar-refractivity contribution in [1.82, 2.24) is 9.97 Å². The molecular weight excluding hydrogens is 308 g/mol. The van der Waals surface area contributed by atoms with Crippen molar-refractivity contribution < 1.29 is 0 Å². The number of aromatic nitrogens is 2. The molecule has 0 aromatic carbocycles. The third kappa shape index (κ3) is 5.91. The van der Waals surface area contributed by atoms with Crippen LogP contribution < -0.4 is 11.5 Å². The van der Waals surface area contributed by atoms with E-state index < -0.39 is 0 Å². The van der Waals surface area contributed by atoms with Gasteiger partial charge in [-0.25, -0.2) is 0 Å². The Labute approximate surface area is 152 Å². The van der Waals surface area contributed by atoms with Crippen LogP contribution in [0.15, 0.2) is 30.6 Å². The number of rotatable bonds is 5. The summed E-state index contributed by atoms with van der Waals surface area (Å²) in [7, 11) is 0. The maximum absolute atomic E-state index is 5.52. The molecule has 0 radical (unpaired) electrons. The van der Waals surface area contributed by atoms with Gasteiger partial charge in [0.1, 0.15) is 0 Å². The van der Waals surface area contributed by atoms with E-state index in [9.17, 15) is 0 Å². The molecule has 0 saturated heterocycles. The van der Waals surface area contributed by atoms with Gasteiger partial charge in [0.2, 0.25) is 0 Å². The first-order chi connectivity index (χ1) is 12.2. The van der Waals surface area contributed by atoms with Gasteiger partial charge in [-0.1, -0.05) is 18.6 Å². The Kier molecular flexibility index (Phi) is 8.02. The third-order valence-electron chi connectivity index (χ3n) is 4.83. The molecule has 1 aliphatic rings. The van der Waals surface area contributed by atoms with Crippen LogP contribution in [-0.4, -0.2) is 16.5 Å². The van der Waals surface area contributed by atoms with Crippen molar-refractivity contribution in [2.45, 2.75) is 64.8 Å². The van der Waals surface area contributed by atoms with Crippen molar-refractivity contribution in [1.29, 1.82) is 0 Å². The highest BCUT2D eigenvalue weighted by Gasteiger charge is 2.20. The van der Waals surface area contributed by atoms with Crippen LogP contribution in [0.25, 0.3) is 0 Å². The van der Waals surface area contributed by atoms with Gasteiger partial charge in [-0.15, -0.1) is 0 Å². The van der Waals surface area contributed by atoms with E-state index in [0.717, 1.165) is 18.7 Å².